The molecule has 0 spiro atoms. The van der Waals surface area contributed by atoms with Crippen LogP contribution in [0.5, 0.6) is 0 Å². The monoisotopic (exact) mass is 209 g/mol. The summed E-state index contributed by atoms with van der Waals surface area (Å²) in [6.07, 6.45) is 3.51. The third kappa shape index (κ3) is 3.95. The van der Waals surface area contributed by atoms with Gasteiger partial charge in [-0.25, -0.2) is 4.79 Å². The Hall–Kier alpha value is -1.62. The number of aryl methyl sites for hydroxylation is 1. The van der Waals surface area contributed by atoms with E-state index >= 15 is 0 Å². The van der Waals surface area contributed by atoms with Gasteiger partial charge in [-0.2, -0.15) is 5.10 Å². The van der Waals surface area contributed by atoms with Crippen molar-refractivity contribution in [3.8, 4) is 0 Å². The molecule has 82 valence electrons. The van der Waals surface area contributed by atoms with Gasteiger partial charge < -0.3 is 10.4 Å². The van der Waals surface area contributed by atoms with Crippen LogP contribution in [0.1, 0.15) is 12.6 Å². The molecule has 0 atom stereocenters. The smallest absolute Gasteiger partial charge is 0.330 e. The molecule has 1 aromatic heterocycles. The van der Waals surface area contributed by atoms with E-state index < -0.39 is 5.97 Å². The first-order valence-electron chi connectivity index (χ1n) is 4.69. The molecule has 0 fully saturated rings. The Morgan fingerprint density at radius 2 is 2.47 bits per heavy atom. The molecule has 5 heteroatoms. The Bertz CT molecular complexity index is 368. The minimum absolute atomic E-state index is 0.350. The van der Waals surface area contributed by atoms with Crippen LogP contribution in [0.15, 0.2) is 23.9 Å². The Morgan fingerprint density at radius 3 is 3.00 bits per heavy atom. The molecule has 1 rings (SSSR count). The van der Waals surface area contributed by atoms with Crippen LogP contribution in [0, 0.1) is 0 Å². The zero-order valence-corrected chi connectivity index (χ0v) is 8.90. The third-order valence-electron chi connectivity index (χ3n) is 1.96. The van der Waals surface area contributed by atoms with Crippen LogP contribution in [-0.2, 0) is 18.4 Å². The summed E-state index contributed by atoms with van der Waals surface area (Å²) >= 11 is 0. The minimum Gasteiger partial charge on any atom is -0.478 e. The Kier molecular flexibility index (Phi) is 4.05. The Morgan fingerprint density at radius 1 is 1.73 bits per heavy atom. The van der Waals surface area contributed by atoms with E-state index in [1.165, 1.54) is 0 Å². The van der Waals surface area contributed by atoms with Gasteiger partial charge in [0.05, 0.1) is 5.69 Å². The first-order valence-corrected chi connectivity index (χ1v) is 4.69. The number of rotatable bonds is 5. The number of carbonyl (C=O) groups is 1. The first-order chi connectivity index (χ1) is 7.09. The van der Waals surface area contributed by atoms with Crippen LogP contribution >= 0.6 is 0 Å². The van der Waals surface area contributed by atoms with E-state index in [1.807, 2.05) is 19.3 Å². The van der Waals surface area contributed by atoms with Gasteiger partial charge in [0.25, 0.3) is 0 Å². The van der Waals surface area contributed by atoms with E-state index in [2.05, 4.69) is 10.4 Å². The van der Waals surface area contributed by atoms with Crippen molar-refractivity contribution >= 4 is 5.97 Å². The van der Waals surface area contributed by atoms with E-state index in [1.54, 1.807) is 17.7 Å². The van der Waals surface area contributed by atoms with Gasteiger partial charge in [0.2, 0.25) is 0 Å². The maximum absolute atomic E-state index is 10.5. The van der Waals surface area contributed by atoms with Gasteiger partial charge in [-0.15, -0.1) is 0 Å². The second-order valence-corrected chi connectivity index (χ2v) is 3.30. The molecule has 0 aromatic carbocycles. The molecule has 1 aromatic rings. The number of aromatic nitrogens is 2. The molecular weight excluding hydrogens is 194 g/mol. The molecule has 0 aliphatic heterocycles. The zero-order chi connectivity index (χ0) is 11.3. The summed E-state index contributed by atoms with van der Waals surface area (Å²) in [4.78, 5) is 10.5. The standard InChI is InChI=1S/C10H15N3O2/c1-8(10(14)15)3-5-11-7-9-4-6-13(2)12-9/h3-4,6,11H,5,7H2,1-2H3,(H,14,15)/b8-3-. The molecule has 0 bridgehead atoms. The number of hydrogen-bond acceptors (Lipinski definition) is 3. The lowest BCUT2D eigenvalue weighted by atomic mass is 10.3. The van der Waals surface area contributed by atoms with Crippen molar-refractivity contribution in [2.24, 2.45) is 7.05 Å². The van der Waals surface area contributed by atoms with E-state index in [4.69, 9.17) is 5.11 Å². The number of carboxylic acid groups (broad SMARTS) is 1. The summed E-state index contributed by atoms with van der Waals surface area (Å²) < 4.78 is 1.73. The summed E-state index contributed by atoms with van der Waals surface area (Å²) in [6.45, 7) is 2.75. The average Bonchev–Trinajstić information content (AvgIpc) is 2.58. The number of nitrogens with one attached hydrogen (secondary N) is 1. The molecule has 0 amide bonds. The second kappa shape index (κ2) is 5.31. The highest BCUT2D eigenvalue weighted by Crippen LogP contribution is 1.93. The van der Waals surface area contributed by atoms with Gasteiger partial charge >= 0.3 is 5.97 Å². The van der Waals surface area contributed by atoms with Crippen molar-refractivity contribution in [1.29, 1.82) is 0 Å². The van der Waals surface area contributed by atoms with Gasteiger partial charge in [-0.05, 0) is 13.0 Å². The Balaban J connectivity index is 2.28. The highest BCUT2D eigenvalue weighted by molar-refractivity contribution is 5.85. The molecule has 0 aliphatic carbocycles. The molecule has 5 nitrogen and oxygen atoms in total. The van der Waals surface area contributed by atoms with Crippen molar-refractivity contribution in [3.63, 3.8) is 0 Å². The fraction of sp³-hybridized carbons (Fsp3) is 0.400. The largest absolute Gasteiger partial charge is 0.478 e. The van der Waals surface area contributed by atoms with E-state index in [-0.39, 0.29) is 0 Å². The van der Waals surface area contributed by atoms with Gasteiger partial charge in [0.1, 0.15) is 0 Å². The molecular formula is C10H15N3O2. The lowest BCUT2D eigenvalue weighted by Gasteiger charge is -1.98. The normalized spacial score (nSPS) is 11.7. The van der Waals surface area contributed by atoms with Gasteiger partial charge in [0.15, 0.2) is 0 Å². The Labute approximate surface area is 88.4 Å². The molecule has 0 unspecified atom stereocenters. The van der Waals surface area contributed by atoms with Gasteiger partial charge in [-0.1, -0.05) is 6.08 Å². The number of aliphatic carboxylic acids is 1. The van der Waals surface area contributed by atoms with Crippen molar-refractivity contribution in [2.45, 2.75) is 13.5 Å². The summed E-state index contributed by atoms with van der Waals surface area (Å²) in [5.41, 5.74) is 1.29. The molecule has 0 saturated heterocycles. The van der Waals surface area contributed by atoms with Crippen LogP contribution in [0.3, 0.4) is 0 Å². The molecule has 0 aliphatic rings. The fourth-order valence-electron chi connectivity index (χ4n) is 1.07. The molecule has 1 heterocycles. The number of carboxylic acids is 1. The van der Waals surface area contributed by atoms with Gasteiger partial charge in [-0.3, -0.25) is 4.68 Å². The van der Waals surface area contributed by atoms with E-state index in [9.17, 15) is 4.79 Å². The maximum atomic E-state index is 10.5. The third-order valence-corrected chi connectivity index (χ3v) is 1.96. The molecule has 0 saturated carbocycles. The number of hydrogen-bond donors (Lipinski definition) is 2. The van der Waals surface area contributed by atoms with Gasteiger partial charge in [0, 0.05) is 31.9 Å². The topological polar surface area (TPSA) is 67.2 Å². The highest BCUT2D eigenvalue weighted by atomic mass is 16.4. The van der Waals surface area contributed by atoms with Crippen molar-refractivity contribution in [3.05, 3.63) is 29.6 Å². The predicted molar refractivity (Wildman–Crippen MR) is 56.3 cm³/mol. The second-order valence-electron chi connectivity index (χ2n) is 3.30. The van der Waals surface area contributed by atoms with E-state index in [0.29, 0.717) is 18.7 Å². The summed E-state index contributed by atoms with van der Waals surface area (Å²) in [5, 5.41) is 15.9. The number of nitrogens with zero attached hydrogens (tertiary/aromatic N) is 2. The van der Waals surface area contributed by atoms with Crippen molar-refractivity contribution in [2.75, 3.05) is 6.54 Å². The SMILES string of the molecule is C/C(=C/CNCc1ccn(C)n1)C(=O)O. The van der Waals surface area contributed by atoms with Crippen LogP contribution in [-0.4, -0.2) is 27.4 Å². The lowest BCUT2D eigenvalue weighted by molar-refractivity contribution is -0.132. The summed E-state index contributed by atoms with van der Waals surface area (Å²) in [6, 6.07) is 1.92. The molecule has 2 N–H and O–H groups in total. The molecule has 0 radical (unpaired) electrons. The van der Waals surface area contributed by atoms with Crippen LogP contribution < -0.4 is 5.32 Å². The molecule has 15 heavy (non-hydrogen) atoms. The fourth-order valence-corrected chi connectivity index (χ4v) is 1.07. The van der Waals surface area contributed by atoms with Crippen molar-refractivity contribution in [1.82, 2.24) is 15.1 Å². The van der Waals surface area contributed by atoms with Crippen molar-refractivity contribution < 1.29 is 9.90 Å². The average molecular weight is 209 g/mol. The van der Waals surface area contributed by atoms with Crippen LogP contribution in [0.4, 0.5) is 0 Å². The first kappa shape index (κ1) is 11.5. The summed E-state index contributed by atoms with van der Waals surface area (Å²) in [7, 11) is 1.86. The highest BCUT2D eigenvalue weighted by Gasteiger charge is 1.98. The zero-order valence-electron chi connectivity index (χ0n) is 8.90. The van der Waals surface area contributed by atoms with E-state index in [0.717, 1.165) is 5.69 Å². The van der Waals surface area contributed by atoms with Crippen LogP contribution in [0.2, 0.25) is 0 Å². The lowest BCUT2D eigenvalue weighted by Crippen LogP contribution is -2.14. The van der Waals surface area contributed by atoms with Crippen LogP contribution in [0.25, 0.3) is 0 Å². The minimum atomic E-state index is -0.880. The summed E-state index contributed by atoms with van der Waals surface area (Å²) in [5.74, 6) is -0.880. The quantitative estimate of drug-likeness (QED) is 0.548. The predicted octanol–water partition coefficient (Wildman–Crippen LogP) is 0.541. The maximum Gasteiger partial charge on any atom is 0.330 e.